The monoisotopic (exact) mass is 208 g/mol. The van der Waals surface area contributed by atoms with Gasteiger partial charge in [0.05, 0.1) is 20.3 Å². The van der Waals surface area contributed by atoms with Gasteiger partial charge in [0, 0.05) is 5.56 Å². The van der Waals surface area contributed by atoms with E-state index in [0.29, 0.717) is 16.9 Å². The van der Waals surface area contributed by atoms with E-state index in [0.717, 1.165) is 12.0 Å². The third-order valence-corrected chi connectivity index (χ3v) is 2.29. The Labute approximate surface area is 89.6 Å². The van der Waals surface area contributed by atoms with Gasteiger partial charge < -0.3 is 14.9 Å². The number of benzene rings is 1. The zero-order valence-electron chi connectivity index (χ0n) is 8.86. The van der Waals surface area contributed by atoms with Gasteiger partial charge in [0.25, 0.3) is 0 Å². The first kappa shape index (κ1) is 11.8. The first-order valence-corrected chi connectivity index (χ1v) is 4.78. The molecule has 1 rings (SSSR count). The van der Waals surface area contributed by atoms with Crippen LogP contribution in [0, 0.1) is 0 Å². The minimum absolute atomic E-state index is 0.1000. The fourth-order valence-electron chi connectivity index (χ4n) is 1.55. The minimum atomic E-state index is -0.132. The highest BCUT2D eigenvalue weighted by Gasteiger charge is 2.09. The van der Waals surface area contributed by atoms with Crippen molar-refractivity contribution in [3.63, 3.8) is 0 Å². The van der Waals surface area contributed by atoms with Crippen molar-refractivity contribution < 1.29 is 14.9 Å². The van der Waals surface area contributed by atoms with Crippen LogP contribution in [-0.2, 0) is 19.6 Å². The summed E-state index contributed by atoms with van der Waals surface area (Å²) in [6.07, 6.45) is 2.50. The molecule has 82 valence electrons. The second kappa shape index (κ2) is 5.53. The number of aliphatic hydroxyl groups is 2. The molecule has 1 aromatic rings. The van der Waals surface area contributed by atoms with Gasteiger partial charge >= 0.3 is 0 Å². The van der Waals surface area contributed by atoms with E-state index in [-0.39, 0.29) is 13.2 Å². The summed E-state index contributed by atoms with van der Waals surface area (Å²) >= 11 is 0. The Bertz CT molecular complexity index is 320. The van der Waals surface area contributed by atoms with Crippen LogP contribution >= 0.6 is 0 Å². The summed E-state index contributed by atoms with van der Waals surface area (Å²) in [5.41, 5.74) is 2.37. The maximum absolute atomic E-state index is 9.17. The van der Waals surface area contributed by atoms with Crippen molar-refractivity contribution in [2.75, 3.05) is 7.11 Å². The van der Waals surface area contributed by atoms with Gasteiger partial charge in [-0.1, -0.05) is 12.1 Å². The number of methoxy groups -OCH3 is 1. The van der Waals surface area contributed by atoms with Crippen LogP contribution in [-0.4, -0.2) is 17.3 Å². The summed E-state index contributed by atoms with van der Waals surface area (Å²) < 4.78 is 5.16. The molecule has 0 bridgehead atoms. The van der Waals surface area contributed by atoms with Crippen molar-refractivity contribution in [3.8, 4) is 5.75 Å². The normalized spacial score (nSPS) is 10.1. The molecule has 0 spiro atoms. The fraction of sp³-hybridized carbons (Fsp3) is 0.333. The second-order valence-electron chi connectivity index (χ2n) is 3.24. The first-order valence-electron chi connectivity index (χ1n) is 4.78. The lowest BCUT2D eigenvalue weighted by Crippen LogP contribution is -2.00. The average molecular weight is 208 g/mol. The van der Waals surface area contributed by atoms with E-state index < -0.39 is 0 Å². The van der Waals surface area contributed by atoms with Crippen LogP contribution in [0.4, 0.5) is 0 Å². The Morgan fingerprint density at radius 2 is 2.07 bits per heavy atom. The molecule has 0 aromatic heterocycles. The van der Waals surface area contributed by atoms with Gasteiger partial charge in [0.1, 0.15) is 5.75 Å². The zero-order chi connectivity index (χ0) is 11.3. The van der Waals surface area contributed by atoms with Gasteiger partial charge in [-0.2, -0.15) is 0 Å². The van der Waals surface area contributed by atoms with Crippen molar-refractivity contribution in [1.82, 2.24) is 0 Å². The number of hydrogen-bond acceptors (Lipinski definition) is 3. The number of ether oxygens (including phenoxy) is 1. The first-order chi connectivity index (χ1) is 7.26. The van der Waals surface area contributed by atoms with Crippen LogP contribution in [0.25, 0.3) is 0 Å². The Kier molecular flexibility index (Phi) is 4.34. The number of aliphatic hydroxyl groups excluding tert-OH is 2. The van der Waals surface area contributed by atoms with Crippen molar-refractivity contribution >= 4 is 0 Å². The molecule has 0 fully saturated rings. The summed E-state index contributed by atoms with van der Waals surface area (Å²) in [6, 6.07) is 3.71. The van der Waals surface area contributed by atoms with E-state index in [1.807, 2.05) is 12.1 Å². The zero-order valence-corrected chi connectivity index (χ0v) is 8.86. The van der Waals surface area contributed by atoms with Crippen LogP contribution in [0.3, 0.4) is 0 Å². The summed E-state index contributed by atoms with van der Waals surface area (Å²) in [7, 11) is 1.55. The summed E-state index contributed by atoms with van der Waals surface area (Å²) in [4.78, 5) is 0. The van der Waals surface area contributed by atoms with Gasteiger partial charge in [-0.25, -0.2) is 0 Å². The molecule has 3 heteroatoms. The maximum atomic E-state index is 9.17. The molecular formula is C12H16O3. The fourth-order valence-corrected chi connectivity index (χ4v) is 1.55. The Morgan fingerprint density at radius 1 is 1.33 bits per heavy atom. The Hall–Kier alpha value is -1.32. The molecule has 0 atom stereocenters. The van der Waals surface area contributed by atoms with Gasteiger partial charge in [-0.05, 0) is 23.6 Å². The Balaban J connectivity index is 3.22. The maximum Gasteiger partial charge on any atom is 0.125 e. The van der Waals surface area contributed by atoms with E-state index in [4.69, 9.17) is 9.84 Å². The second-order valence-corrected chi connectivity index (χ2v) is 3.24. The molecule has 1 aromatic carbocycles. The molecule has 0 aliphatic heterocycles. The molecule has 15 heavy (non-hydrogen) atoms. The van der Waals surface area contributed by atoms with Crippen molar-refractivity contribution in [2.24, 2.45) is 0 Å². The molecular weight excluding hydrogens is 192 g/mol. The Morgan fingerprint density at radius 3 is 2.53 bits per heavy atom. The molecule has 0 aliphatic carbocycles. The van der Waals surface area contributed by atoms with Crippen LogP contribution in [0.15, 0.2) is 24.8 Å². The molecule has 2 N–H and O–H groups in total. The van der Waals surface area contributed by atoms with Gasteiger partial charge in [-0.15, -0.1) is 6.58 Å². The van der Waals surface area contributed by atoms with Crippen molar-refractivity contribution in [1.29, 1.82) is 0 Å². The molecule has 0 saturated heterocycles. The summed E-state index contributed by atoms with van der Waals surface area (Å²) in [5, 5.41) is 18.3. The summed E-state index contributed by atoms with van der Waals surface area (Å²) in [6.45, 7) is 3.43. The van der Waals surface area contributed by atoms with E-state index in [1.165, 1.54) is 0 Å². The molecule has 0 amide bonds. The molecule has 0 aliphatic rings. The molecule has 0 radical (unpaired) electrons. The highest BCUT2D eigenvalue weighted by atomic mass is 16.5. The average Bonchev–Trinajstić information content (AvgIpc) is 2.28. The highest BCUT2D eigenvalue weighted by Crippen LogP contribution is 2.25. The van der Waals surface area contributed by atoms with Crippen LogP contribution in [0.2, 0.25) is 0 Å². The summed E-state index contributed by atoms with van der Waals surface area (Å²) in [5.74, 6) is 0.612. The smallest absolute Gasteiger partial charge is 0.125 e. The quantitative estimate of drug-likeness (QED) is 0.719. The lowest BCUT2D eigenvalue weighted by molar-refractivity contribution is 0.254. The molecule has 3 nitrogen and oxygen atoms in total. The van der Waals surface area contributed by atoms with E-state index >= 15 is 0 Å². The molecule has 0 heterocycles. The predicted molar refractivity (Wildman–Crippen MR) is 58.7 cm³/mol. The van der Waals surface area contributed by atoms with E-state index in [2.05, 4.69) is 6.58 Å². The lowest BCUT2D eigenvalue weighted by Gasteiger charge is -2.12. The third kappa shape index (κ3) is 2.58. The predicted octanol–water partition coefficient (Wildman–Crippen LogP) is 1.41. The number of allylic oxidation sites excluding steroid dienone is 1. The topological polar surface area (TPSA) is 49.7 Å². The number of rotatable bonds is 5. The van der Waals surface area contributed by atoms with E-state index in [9.17, 15) is 5.11 Å². The van der Waals surface area contributed by atoms with E-state index in [1.54, 1.807) is 13.2 Å². The van der Waals surface area contributed by atoms with Crippen LogP contribution in [0.1, 0.15) is 16.7 Å². The van der Waals surface area contributed by atoms with Gasteiger partial charge in [-0.3, -0.25) is 0 Å². The lowest BCUT2D eigenvalue weighted by atomic mass is 10.0. The number of hydrogen-bond donors (Lipinski definition) is 2. The van der Waals surface area contributed by atoms with Gasteiger partial charge in [0.15, 0.2) is 0 Å². The minimum Gasteiger partial charge on any atom is -0.496 e. The van der Waals surface area contributed by atoms with Crippen LogP contribution in [0.5, 0.6) is 5.75 Å². The largest absolute Gasteiger partial charge is 0.496 e. The van der Waals surface area contributed by atoms with Gasteiger partial charge in [0.2, 0.25) is 0 Å². The van der Waals surface area contributed by atoms with Crippen molar-refractivity contribution in [2.45, 2.75) is 19.6 Å². The highest BCUT2D eigenvalue weighted by molar-refractivity contribution is 5.43. The third-order valence-electron chi connectivity index (χ3n) is 2.29. The molecule has 0 unspecified atom stereocenters. The standard InChI is InChI=1S/C12H16O3/c1-3-4-9-5-10(7-13)11(8-14)12(6-9)15-2/h3,5-6,13-14H,1,4,7-8H2,2H3. The SMILES string of the molecule is C=CCc1cc(CO)c(CO)c(OC)c1. The molecule has 0 saturated carbocycles. The van der Waals surface area contributed by atoms with Crippen LogP contribution < -0.4 is 4.74 Å². The van der Waals surface area contributed by atoms with Crippen molar-refractivity contribution in [3.05, 3.63) is 41.5 Å².